The van der Waals surface area contributed by atoms with Gasteiger partial charge in [-0.15, -0.1) is 23.4 Å². The third kappa shape index (κ3) is 10.9. The van der Waals surface area contributed by atoms with Gasteiger partial charge in [-0.2, -0.15) is 9.36 Å². The maximum Gasteiger partial charge on any atom is 0.414 e. The number of methoxy groups -OCH3 is 1. The van der Waals surface area contributed by atoms with E-state index >= 15 is 0 Å². The van der Waals surface area contributed by atoms with E-state index in [0.29, 0.717) is 22.6 Å². The summed E-state index contributed by atoms with van der Waals surface area (Å²) in [6.07, 6.45) is 2.49. The van der Waals surface area contributed by atoms with Crippen molar-refractivity contribution in [1.82, 2.24) is 19.6 Å². The minimum atomic E-state index is -1.67. The molecule has 0 spiro atoms. The fraction of sp³-hybridized carbons (Fsp3) is 0.486. The molecular formula is C35H43ClN6O10S2. The van der Waals surface area contributed by atoms with Gasteiger partial charge in [0.05, 0.1) is 7.11 Å². The summed E-state index contributed by atoms with van der Waals surface area (Å²) in [5.41, 5.74) is -2.57. The Morgan fingerprint density at radius 2 is 1.70 bits per heavy atom. The van der Waals surface area contributed by atoms with Crippen molar-refractivity contribution in [3.8, 4) is 5.75 Å². The lowest BCUT2D eigenvalue weighted by Crippen LogP contribution is -2.71. The van der Waals surface area contributed by atoms with Crippen LogP contribution in [0.3, 0.4) is 0 Å². The molecule has 2 atom stereocenters. The molecule has 3 heterocycles. The van der Waals surface area contributed by atoms with E-state index in [2.05, 4.69) is 25.1 Å². The van der Waals surface area contributed by atoms with Crippen molar-refractivity contribution in [2.45, 2.75) is 90.2 Å². The quantitative estimate of drug-likeness (QED) is 0.0691. The summed E-state index contributed by atoms with van der Waals surface area (Å²) in [5, 5.41) is 8.32. The first-order chi connectivity index (χ1) is 25.2. The van der Waals surface area contributed by atoms with Gasteiger partial charge in [0.15, 0.2) is 0 Å². The Hall–Kier alpha value is -4.68. The number of aromatic nitrogens is 2. The van der Waals surface area contributed by atoms with Gasteiger partial charge in [-0.05, 0) is 78.7 Å². The number of anilines is 1. The van der Waals surface area contributed by atoms with Gasteiger partial charge in [0.2, 0.25) is 22.3 Å². The zero-order valence-corrected chi connectivity index (χ0v) is 33.7. The average Bonchev–Trinajstić information content (AvgIpc) is 3.54. The number of thioether (sulfide) groups is 1. The Morgan fingerprint density at radius 3 is 2.31 bits per heavy atom. The number of esters is 2. The standard InChI is InChI=1S/C35H43ClN6O10S2/c1-33(2,3)50-30(46)35(7,8)52-40-22(25-38-31(54-41-25)39-32(47)51-34(4,5)6)26(43)37-23-27(44)42-24(20(11-10-16-36)18-53-28(23)42)29(45)49-17-19-12-14-21(48-9)15-13-19/h10-15,23,28H,16-18H2,1-9H3,(H,37,43)(H,38,39,41,47)/b11-10-,40-22-/t23-,28?/m1/s1. The Labute approximate surface area is 326 Å². The number of allylic oxidation sites excluding steroid dienone is 2. The maximum atomic E-state index is 13.9. The first-order valence-corrected chi connectivity index (χ1v) is 18.9. The van der Waals surface area contributed by atoms with E-state index in [9.17, 15) is 24.0 Å². The van der Waals surface area contributed by atoms with Crippen LogP contribution in [0.25, 0.3) is 0 Å². The molecule has 1 saturated heterocycles. The Kier molecular flexibility index (Phi) is 13.4. The molecule has 0 bridgehead atoms. The van der Waals surface area contributed by atoms with Crippen LogP contribution in [-0.2, 0) is 44.8 Å². The summed E-state index contributed by atoms with van der Waals surface area (Å²) >= 11 is 7.92. The third-order valence-corrected chi connectivity index (χ3v) is 9.24. The number of alkyl halides is 1. The number of β-lactam (4-membered cyclic amide) rings is 1. The summed E-state index contributed by atoms with van der Waals surface area (Å²) in [5.74, 6) is -2.20. The van der Waals surface area contributed by atoms with Crippen molar-refractivity contribution in [3.05, 3.63) is 59.1 Å². The summed E-state index contributed by atoms with van der Waals surface area (Å²) in [6, 6.07) is 5.85. The molecule has 0 saturated carbocycles. The first kappa shape index (κ1) is 42.1. The van der Waals surface area contributed by atoms with Crippen molar-refractivity contribution in [2.75, 3.05) is 24.1 Å². The van der Waals surface area contributed by atoms with Gasteiger partial charge >= 0.3 is 18.0 Å². The first-order valence-electron chi connectivity index (χ1n) is 16.6. The number of carbonyl (C=O) groups is 5. The van der Waals surface area contributed by atoms with Crippen LogP contribution >= 0.6 is 34.9 Å². The molecule has 2 aromatic rings. The van der Waals surface area contributed by atoms with Crippen molar-refractivity contribution >= 4 is 75.6 Å². The Balaban J connectivity index is 1.57. The zero-order valence-electron chi connectivity index (χ0n) is 31.3. The van der Waals surface area contributed by atoms with E-state index < -0.39 is 63.8 Å². The second-order valence-corrected chi connectivity index (χ2v) is 16.5. The molecule has 19 heteroatoms. The molecule has 1 fully saturated rings. The van der Waals surface area contributed by atoms with E-state index in [0.717, 1.165) is 11.5 Å². The Bertz CT molecular complexity index is 1850. The van der Waals surface area contributed by atoms with Gasteiger partial charge in [0, 0.05) is 23.2 Å². The highest BCUT2D eigenvalue weighted by molar-refractivity contribution is 8.00. The summed E-state index contributed by atoms with van der Waals surface area (Å²) in [7, 11) is 1.54. The monoisotopic (exact) mass is 806 g/mol. The number of nitrogens with zero attached hydrogens (tertiary/aromatic N) is 4. The van der Waals surface area contributed by atoms with Crippen molar-refractivity contribution < 1.29 is 47.8 Å². The number of fused-ring (bicyclic) bond motifs is 1. The van der Waals surface area contributed by atoms with Crippen LogP contribution in [0.5, 0.6) is 5.75 Å². The molecule has 0 aliphatic carbocycles. The predicted octanol–water partition coefficient (Wildman–Crippen LogP) is 4.93. The Morgan fingerprint density at radius 1 is 1.04 bits per heavy atom. The van der Waals surface area contributed by atoms with Crippen molar-refractivity contribution in [2.24, 2.45) is 5.16 Å². The van der Waals surface area contributed by atoms with Crippen molar-refractivity contribution in [1.29, 1.82) is 0 Å². The zero-order chi connectivity index (χ0) is 40.0. The molecular weight excluding hydrogens is 764 g/mol. The maximum absolute atomic E-state index is 13.9. The van der Waals surface area contributed by atoms with Crippen molar-refractivity contribution in [3.63, 3.8) is 0 Å². The van der Waals surface area contributed by atoms with E-state index in [1.165, 1.54) is 30.5 Å². The number of rotatable bonds is 13. The lowest BCUT2D eigenvalue weighted by Gasteiger charge is -2.49. The largest absolute Gasteiger partial charge is 0.497 e. The van der Waals surface area contributed by atoms with Gasteiger partial charge < -0.3 is 29.1 Å². The van der Waals surface area contributed by atoms with Gasteiger partial charge in [0.1, 0.15) is 40.7 Å². The van der Waals surface area contributed by atoms with E-state index in [1.807, 2.05) is 0 Å². The van der Waals surface area contributed by atoms with E-state index in [4.69, 9.17) is 35.4 Å². The lowest BCUT2D eigenvalue weighted by atomic mass is 10.0. The summed E-state index contributed by atoms with van der Waals surface area (Å²) < 4.78 is 25.6. The van der Waals surface area contributed by atoms with Crippen LogP contribution < -0.4 is 15.4 Å². The number of halogens is 1. The van der Waals surface area contributed by atoms with Crippen LogP contribution in [0.4, 0.5) is 9.93 Å². The number of hydrogen-bond acceptors (Lipinski definition) is 15. The second kappa shape index (κ2) is 17.2. The predicted molar refractivity (Wildman–Crippen MR) is 202 cm³/mol. The normalized spacial score (nSPS) is 17.7. The highest BCUT2D eigenvalue weighted by Crippen LogP contribution is 2.41. The number of nitrogens with one attached hydrogen (secondary N) is 2. The van der Waals surface area contributed by atoms with E-state index in [1.54, 1.807) is 85.1 Å². The minimum absolute atomic E-state index is 0.0273. The smallest absolute Gasteiger partial charge is 0.414 e. The molecule has 16 nitrogen and oxygen atoms in total. The van der Waals surface area contributed by atoms with Gasteiger partial charge in [-0.25, -0.2) is 14.4 Å². The molecule has 2 aliphatic rings. The van der Waals surface area contributed by atoms with Gasteiger partial charge in [-0.3, -0.25) is 19.8 Å². The fourth-order valence-electron chi connectivity index (χ4n) is 4.64. The highest BCUT2D eigenvalue weighted by atomic mass is 35.5. The number of carbonyl (C=O) groups excluding carboxylic acids is 5. The molecule has 1 aromatic carbocycles. The van der Waals surface area contributed by atoms with Crippen LogP contribution in [0, 0.1) is 0 Å². The molecule has 1 aromatic heterocycles. The van der Waals surface area contributed by atoms with Crippen LogP contribution in [0.15, 0.2) is 52.8 Å². The van der Waals surface area contributed by atoms with Crippen LogP contribution in [0.1, 0.15) is 66.8 Å². The fourth-order valence-corrected chi connectivity index (χ4v) is 6.60. The third-order valence-electron chi connectivity index (χ3n) is 7.13. The molecule has 2 N–H and O–H groups in total. The molecule has 54 heavy (non-hydrogen) atoms. The topological polar surface area (TPSA) is 197 Å². The van der Waals surface area contributed by atoms with Crippen LogP contribution in [-0.4, -0.2) is 96.8 Å². The summed E-state index contributed by atoms with van der Waals surface area (Å²) in [4.78, 5) is 77.4. The molecule has 3 amide bonds. The van der Waals surface area contributed by atoms with Gasteiger partial charge in [-0.1, -0.05) is 29.4 Å². The number of benzene rings is 1. The number of hydrogen-bond donors (Lipinski definition) is 2. The molecule has 292 valence electrons. The highest BCUT2D eigenvalue weighted by Gasteiger charge is 2.54. The molecule has 4 rings (SSSR count). The number of ether oxygens (including phenoxy) is 4. The second-order valence-electron chi connectivity index (χ2n) is 14.3. The van der Waals surface area contributed by atoms with E-state index in [-0.39, 0.29) is 29.1 Å². The lowest BCUT2D eigenvalue weighted by molar-refractivity contribution is -0.179. The number of amides is 3. The molecule has 1 unspecified atom stereocenters. The SMILES string of the molecule is COc1ccc(COC(=O)C2=C(/C=C\CCl)CSC3[C@H](NC(=O)/C(=N\OC(C)(C)C(=O)OC(C)(C)C)c4nsc(NC(=O)OC(C)(C)C)n4)C(=O)N23)cc1. The minimum Gasteiger partial charge on any atom is -0.497 e. The average molecular weight is 807 g/mol. The molecule has 0 radical (unpaired) electrons. The van der Waals surface area contributed by atoms with Crippen LogP contribution in [0.2, 0.25) is 0 Å². The molecule has 2 aliphatic heterocycles. The number of oxime groups is 1. The summed E-state index contributed by atoms with van der Waals surface area (Å²) in [6.45, 7) is 12.8. The van der Waals surface area contributed by atoms with Gasteiger partial charge in [0.25, 0.3) is 11.8 Å².